The molecule has 2 aromatic rings. The Balaban J connectivity index is 1.79. The highest BCUT2D eigenvalue weighted by Crippen LogP contribution is 2.54. The number of aromatic hydroxyl groups is 1. The van der Waals surface area contributed by atoms with Gasteiger partial charge in [0, 0.05) is 23.9 Å². The molecule has 1 aromatic carbocycles. The molecule has 32 heavy (non-hydrogen) atoms. The predicted molar refractivity (Wildman–Crippen MR) is 125 cm³/mol. The molecule has 0 bridgehead atoms. The minimum atomic E-state index is -1.03. The van der Waals surface area contributed by atoms with Crippen LogP contribution in [0.3, 0.4) is 0 Å². The van der Waals surface area contributed by atoms with E-state index in [0.29, 0.717) is 43.3 Å². The Bertz CT molecular complexity index is 1030. The van der Waals surface area contributed by atoms with Gasteiger partial charge in [0.05, 0.1) is 12.8 Å². The lowest BCUT2D eigenvalue weighted by molar-refractivity contribution is -0.129. The van der Waals surface area contributed by atoms with Gasteiger partial charge in [-0.2, -0.15) is 0 Å². The molecular weight excluding hydrogens is 404 g/mol. The van der Waals surface area contributed by atoms with Crippen molar-refractivity contribution in [3.8, 4) is 5.75 Å². The summed E-state index contributed by atoms with van der Waals surface area (Å²) in [5.41, 5.74) is 0.368. The van der Waals surface area contributed by atoms with Crippen LogP contribution in [0.2, 0.25) is 0 Å². The number of amides is 1. The van der Waals surface area contributed by atoms with Crippen molar-refractivity contribution >= 4 is 11.6 Å². The van der Waals surface area contributed by atoms with Crippen molar-refractivity contribution in [2.75, 3.05) is 19.6 Å². The molecule has 0 spiro atoms. The molecule has 6 heteroatoms. The first-order valence-electron chi connectivity index (χ1n) is 11.2. The number of likely N-dealkylation sites (tertiary alicyclic amines) is 1. The number of benzene rings is 1. The summed E-state index contributed by atoms with van der Waals surface area (Å²) in [6.45, 7) is 11.5. The second-order valence-electron chi connectivity index (χ2n) is 9.43. The number of carbonyl (C=O) groups is 1. The van der Waals surface area contributed by atoms with Crippen molar-refractivity contribution in [2.24, 2.45) is 0 Å². The molecule has 3 unspecified atom stereocenters. The molecule has 2 aliphatic rings. The molecule has 3 N–H and O–H groups in total. The lowest BCUT2D eigenvalue weighted by atomic mass is 9.54. The molecule has 1 saturated heterocycles. The van der Waals surface area contributed by atoms with Crippen LogP contribution in [0.15, 0.2) is 66.3 Å². The van der Waals surface area contributed by atoms with E-state index in [9.17, 15) is 15.0 Å². The Morgan fingerprint density at radius 2 is 2.16 bits per heavy atom. The zero-order valence-electron chi connectivity index (χ0n) is 18.7. The Labute approximate surface area is 189 Å². The van der Waals surface area contributed by atoms with Crippen LogP contribution in [0, 0.1) is 6.92 Å². The van der Waals surface area contributed by atoms with Gasteiger partial charge in [-0.1, -0.05) is 25.3 Å². The van der Waals surface area contributed by atoms with Gasteiger partial charge in [-0.05, 0) is 56.0 Å². The summed E-state index contributed by atoms with van der Waals surface area (Å²) in [5.74, 6) is 0.833. The molecule has 0 radical (unpaired) electrons. The number of fused-ring (bicyclic) bond motifs is 1. The smallest absolute Gasteiger partial charge is 0.243 e. The van der Waals surface area contributed by atoms with E-state index < -0.39 is 11.0 Å². The molecule has 1 aliphatic heterocycles. The third kappa shape index (κ3) is 3.57. The van der Waals surface area contributed by atoms with Gasteiger partial charge in [0.1, 0.15) is 24.4 Å². The van der Waals surface area contributed by atoms with E-state index in [-0.39, 0.29) is 17.7 Å². The van der Waals surface area contributed by atoms with Gasteiger partial charge >= 0.3 is 0 Å². The minimum Gasteiger partial charge on any atom is -0.508 e. The summed E-state index contributed by atoms with van der Waals surface area (Å²) in [6, 6.07) is 9.15. The highest BCUT2D eigenvalue weighted by Gasteiger charge is 2.63. The van der Waals surface area contributed by atoms with Crippen molar-refractivity contribution in [1.29, 1.82) is 0 Å². The maximum atomic E-state index is 12.4. The summed E-state index contributed by atoms with van der Waals surface area (Å²) in [5, 5.41) is 25.6. The summed E-state index contributed by atoms with van der Waals surface area (Å²) in [6.07, 6.45) is 7.42. The van der Waals surface area contributed by atoms with E-state index in [1.807, 2.05) is 31.2 Å². The highest BCUT2D eigenvalue weighted by atomic mass is 16.3. The molecule has 170 valence electrons. The van der Waals surface area contributed by atoms with Crippen LogP contribution in [0.5, 0.6) is 5.75 Å². The summed E-state index contributed by atoms with van der Waals surface area (Å²) >= 11 is 0. The molecule has 4 atom stereocenters. The van der Waals surface area contributed by atoms with Crippen LogP contribution in [0.1, 0.15) is 37.0 Å². The van der Waals surface area contributed by atoms with Crippen molar-refractivity contribution in [3.63, 3.8) is 0 Å². The Morgan fingerprint density at radius 1 is 1.34 bits per heavy atom. The molecule has 1 amide bonds. The first kappa shape index (κ1) is 22.4. The minimum absolute atomic E-state index is 0.0711. The van der Waals surface area contributed by atoms with Crippen molar-refractivity contribution < 1.29 is 19.4 Å². The van der Waals surface area contributed by atoms with E-state index in [2.05, 4.69) is 18.5 Å². The third-order valence-electron chi connectivity index (χ3n) is 7.67. The number of hydrogen-bond acceptors (Lipinski definition) is 4. The number of aryl methyl sites for hydroxylation is 1. The largest absolute Gasteiger partial charge is 0.508 e. The molecule has 1 aliphatic carbocycles. The molecule has 6 nitrogen and oxygen atoms in total. The molecule has 2 heterocycles. The number of phenolic OH excluding ortho intramolecular Hbond substituents is 1. The standard InChI is InChI=1S/C26H32N2O4/c1-4-13-28(23-10-15-32-19(23)3)14-12-25(20-7-6-8-22(29)16-20)17-21(27-24(30)5-2)9-11-26(25,31)18-28/h4-8,10,15-16,21,31H,1-2,9,11-14,17-18H2,3H3,(H-,27,29,30)/p+1/t21-,25?,26?,28?/m0/s1. The molecular formula is C26H33N2O4+. The van der Waals surface area contributed by atoms with Crippen LogP contribution in [0.25, 0.3) is 0 Å². The fraction of sp³-hybridized carbons (Fsp3) is 0.423. The summed E-state index contributed by atoms with van der Waals surface area (Å²) in [4.78, 5) is 12.0. The topological polar surface area (TPSA) is 82.7 Å². The lowest BCUT2D eigenvalue weighted by Gasteiger charge is -2.60. The molecule has 2 fully saturated rings. The monoisotopic (exact) mass is 437 g/mol. The SMILES string of the molecule is C=CC[N+]1(c2ccoc2C)CCC2(c3cccc(O)c3)C[C@@H](NC(=O)C=C)CCC2(O)C1. The second kappa shape index (κ2) is 8.26. The number of quaternary nitrogens is 1. The first-order chi connectivity index (χ1) is 15.3. The van der Waals surface area contributed by atoms with E-state index in [4.69, 9.17) is 4.42 Å². The van der Waals surface area contributed by atoms with E-state index in [1.54, 1.807) is 18.4 Å². The van der Waals surface area contributed by atoms with E-state index in [0.717, 1.165) is 23.6 Å². The van der Waals surface area contributed by atoms with Crippen LogP contribution in [-0.4, -0.2) is 47.4 Å². The summed E-state index contributed by atoms with van der Waals surface area (Å²) in [7, 11) is 0. The van der Waals surface area contributed by atoms with E-state index in [1.165, 1.54) is 6.08 Å². The fourth-order valence-electron chi connectivity index (χ4n) is 6.21. The number of phenols is 1. The van der Waals surface area contributed by atoms with Gasteiger partial charge in [0.25, 0.3) is 0 Å². The van der Waals surface area contributed by atoms with Crippen molar-refractivity contribution in [1.82, 2.24) is 9.80 Å². The highest BCUT2D eigenvalue weighted by molar-refractivity contribution is 5.87. The molecule has 1 aromatic heterocycles. The zero-order valence-corrected chi connectivity index (χ0v) is 18.7. The maximum Gasteiger partial charge on any atom is 0.243 e. The molecule has 4 rings (SSSR count). The van der Waals surface area contributed by atoms with Crippen LogP contribution in [0.4, 0.5) is 5.69 Å². The second-order valence-corrected chi connectivity index (χ2v) is 9.43. The van der Waals surface area contributed by atoms with Gasteiger partial charge in [0.15, 0.2) is 11.4 Å². The van der Waals surface area contributed by atoms with E-state index >= 15 is 0 Å². The number of piperidine rings is 1. The van der Waals surface area contributed by atoms with Gasteiger partial charge in [-0.3, -0.25) is 9.28 Å². The van der Waals surface area contributed by atoms with Crippen molar-refractivity contribution in [2.45, 2.75) is 49.7 Å². The lowest BCUT2D eigenvalue weighted by Crippen LogP contribution is -2.73. The van der Waals surface area contributed by atoms with Gasteiger partial charge < -0.3 is 19.9 Å². The Kier molecular flexibility index (Phi) is 5.77. The number of nitrogens with one attached hydrogen (secondary N) is 1. The zero-order chi connectivity index (χ0) is 23.0. The fourth-order valence-corrected chi connectivity index (χ4v) is 6.21. The van der Waals surface area contributed by atoms with Crippen molar-refractivity contribution in [3.05, 3.63) is 73.2 Å². The molecule has 1 saturated carbocycles. The van der Waals surface area contributed by atoms with Gasteiger partial charge in [-0.15, -0.1) is 0 Å². The number of carbonyl (C=O) groups excluding carboxylic acids is 1. The maximum absolute atomic E-state index is 12.4. The summed E-state index contributed by atoms with van der Waals surface area (Å²) < 4.78 is 6.21. The average Bonchev–Trinajstić information content (AvgIpc) is 3.20. The first-order valence-corrected chi connectivity index (χ1v) is 11.2. The van der Waals surface area contributed by atoms with Gasteiger partial charge in [-0.25, -0.2) is 0 Å². The normalized spacial score (nSPS) is 32.0. The predicted octanol–water partition coefficient (Wildman–Crippen LogP) is 3.71. The Hall–Kier alpha value is -2.83. The van der Waals surface area contributed by atoms with Crippen LogP contribution >= 0.6 is 0 Å². The Morgan fingerprint density at radius 3 is 2.81 bits per heavy atom. The number of aliphatic hydroxyl groups is 1. The third-order valence-corrected chi connectivity index (χ3v) is 7.67. The van der Waals surface area contributed by atoms with Crippen LogP contribution in [-0.2, 0) is 10.2 Å². The number of rotatable bonds is 6. The van der Waals surface area contributed by atoms with Crippen LogP contribution < -0.4 is 9.80 Å². The van der Waals surface area contributed by atoms with Gasteiger partial charge in [0.2, 0.25) is 5.91 Å². The quantitative estimate of drug-likeness (QED) is 0.366. The number of furan rings is 1. The number of nitrogens with zero attached hydrogens (tertiary/aromatic N) is 1. The average molecular weight is 438 g/mol. The number of hydrogen-bond donors (Lipinski definition) is 3.